The number of non-ortho nitro benzene ring substituents is 1. The molecule has 0 aromatic heterocycles. The second-order valence-electron chi connectivity index (χ2n) is 7.12. The fourth-order valence-electron chi connectivity index (χ4n) is 3.37. The third kappa shape index (κ3) is 4.43. The van der Waals surface area contributed by atoms with E-state index in [1.54, 1.807) is 19.1 Å². The molecule has 3 rings (SSSR count). The maximum Gasteiger partial charge on any atom is 0.269 e. The van der Waals surface area contributed by atoms with Crippen LogP contribution in [0.25, 0.3) is 0 Å². The van der Waals surface area contributed by atoms with Crippen molar-refractivity contribution in [3.05, 3.63) is 81.0 Å². The molecular formula is C21H22N4O3S. The van der Waals surface area contributed by atoms with Crippen molar-refractivity contribution in [3.8, 4) is 0 Å². The topological polar surface area (TPSA) is 96.3 Å². The van der Waals surface area contributed by atoms with Crippen molar-refractivity contribution in [3.63, 3.8) is 0 Å². The van der Waals surface area contributed by atoms with Crippen LogP contribution in [0.15, 0.2) is 59.8 Å². The number of nitro groups is 1. The van der Waals surface area contributed by atoms with Crippen molar-refractivity contribution >= 4 is 34.6 Å². The van der Waals surface area contributed by atoms with Gasteiger partial charge in [0.15, 0.2) is 5.11 Å². The van der Waals surface area contributed by atoms with Crippen LogP contribution in [0.4, 0.5) is 11.4 Å². The lowest BCUT2D eigenvalue weighted by Crippen LogP contribution is -2.45. The van der Waals surface area contributed by atoms with Crippen molar-refractivity contribution in [2.45, 2.75) is 32.7 Å². The lowest BCUT2D eigenvalue weighted by atomic mass is 9.94. The average molecular weight is 410 g/mol. The summed E-state index contributed by atoms with van der Waals surface area (Å²) in [5.41, 5.74) is 3.33. The lowest BCUT2D eigenvalue weighted by Gasteiger charge is -2.30. The SMILES string of the molecule is CC1=C(C(=O)Nc2ccccc2C(C)C)[C@@H](c2cccc([N+](=O)[O-])c2)NC(=S)N1. The van der Waals surface area contributed by atoms with E-state index in [0.717, 1.165) is 11.3 Å². The minimum atomic E-state index is -0.602. The first kappa shape index (κ1) is 20.5. The molecule has 2 aromatic rings. The van der Waals surface area contributed by atoms with E-state index in [-0.39, 0.29) is 17.5 Å². The fourth-order valence-corrected chi connectivity index (χ4v) is 3.64. The van der Waals surface area contributed by atoms with E-state index in [2.05, 4.69) is 29.8 Å². The van der Waals surface area contributed by atoms with E-state index < -0.39 is 11.0 Å². The predicted molar refractivity (Wildman–Crippen MR) is 117 cm³/mol. The highest BCUT2D eigenvalue weighted by Gasteiger charge is 2.31. The second kappa shape index (κ2) is 8.40. The highest BCUT2D eigenvalue weighted by molar-refractivity contribution is 7.80. The molecule has 3 N–H and O–H groups in total. The van der Waals surface area contributed by atoms with Gasteiger partial charge in [0.05, 0.1) is 16.5 Å². The van der Waals surface area contributed by atoms with Crippen LogP contribution in [0.3, 0.4) is 0 Å². The Labute approximate surface area is 174 Å². The monoisotopic (exact) mass is 410 g/mol. The first-order valence-corrected chi connectivity index (χ1v) is 9.61. The predicted octanol–water partition coefficient (Wildman–Crippen LogP) is 4.15. The second-order valence-corrected chi connectivity index (χ2v) is 7.53. The normalized spacial score (nSPS) is 16.3. The lowest BCUT2D eigenvalue weighted by molar-refractivity contribution is -0.384. The zero-order valence-corrected chi connectivity index (χ0v) is 17.2. The third-order valence-electron chi connectivity index (χ3n) is 4.76. The van der Waals surface area contributed by atoms with Gasteiger partial charge >= 0.3 is 0 Å². The van der Waals surface area contributed by atoms with E-state index in [1.165, 1.54) is 12.1 Å². The first-order valence-electron chi connectivity index (χ1n) is 9.21. The van der Waals surface area contributed by atoms with Crippen molar-refractivity contribution in [2.24, 2.45) is 0 Å². The summed E-state index contributed by atoms with van der Waals surface area (Å²) < 4.78 is 0. The van der Waals surface area contributed by atoms with Gasteiger partial charge in [0.25, 0.3) is 11.6 Å². The molecule has 1 heterocycles. The van der Waals surface area contributed by atoms with Crippen molar-refractivity contribution < 1.29 is 9.72 Å². The molecule has 8 heteroatoms. The molecule has 1 aliphatic rings. The molecule has 0 spiro atoms. The molecule has 150 valence electrons. The summed E-state index contributed by atoms with van der Waals surface area (Å²) in [7, 11) is 0. The Hall–Kier alpha value is -3.26. The number of nitrogens with one attached hydrogen (secondary N) is 3. The van der Waals surface area contributed by atoms with Gasteiger partial charge in [-0.1, -0.05) is 44.2 Å². The zero-order chi connectivity index (χ0) is 21.1. The standard InChI is InChI=1S/C21H22N4O3S/c1-12(2)16-9-4-5-10-17(16)23-20(26)18-13(3)22-21(29)24-19(18)14-7-6-8-15(11-14)25(27)28/h4-12,19H,1-3H3,(H,23,26)(H2,22,24,29)/t19-/m1/s1. The van der Waals surface area contributed by atoms with Gasteiger partial charge in [-0.2, -0.15) is 0 Å². The van der Waals surface area contributed by atoms with Crippen molar-refractivity contribution in [1.29, 1.82) is 0 Å². The molecule has 0 bridgehead atoms. The molecular weight excluding hydrogens is 388 g/mol. The van der Waals surface area contributed by atoms with Gasteiger partial charge in [-0.05, 0) is 42.3 Å². The largest absolute Gasteiger partial charge is 0.351 e. The quantitative estimate of drug-likeness (QED) is 0.389. The Bertz CT molecular complexity index is 1020. The molecule has 1 atom stereocenters. The van der Waals surface area contributed by atoms with E-state index in [9.17, 15) is 14.9 Å². The number of amides is 1. The number of carbonyl (C=O) groups excluding carboxylic acids is 1. The van der Waals surface area contributed by atoms with Gasteiger partial charge in [0.1, 0.15) is 0 Å². The number of hydrogen-bond donors (Lipinski definition) is 3. The highest BCUT2D eigenvalue weighted by Crippen LogP contribution is 2.31. The maximum absolute atomic E-state index is 13.2. The van der Waals surface area contributed by atoms with Crippen LogP contribution in [0.1, 0.15) is 43.9 Å². The number of nitro benzene ring substituents is 1. The summed E-state index contributed by atoms with van der Waals surface area (Å²) in [5.74, 6) is -0.0565. The number of thiocarbonyl (C=S) groups is 1. The fraction of sp³-hybridized carbons (Fsp3) is 0.238. The van der Waals surface area contributed by atoms with Crippen LogP contribution in [0.5, 0.6) is 0 Å². The number of rotatable bonds is 5. The summed E-state index contributed by atoms with van der Waals surface area (Å²) >= 11 is 5.25. The van der Waals surface area contributed by atoms with Crippen molar-refractivity contribution in [2.75, 3.05) is 5.32 Å². The molecule has 1 amide bonds. The Morgan fingerprint density at radius 3 is 2.62 bits per heavy atom. The first-order chi connectivity index (χ1) is 13.8. The number of carbonyl (C=O) groups is 1. The van der Waals surface area contributed by atoms with E-state index in [0.29, 0.717) is 21.9 Å². The molecule has 0 fully saturated rings. The Morgan fingerprint density at radius 2 is 1.93 bits per heavy atom. The van der Waals surface area contributed by atoms with E-state index in [4.69, 9.17) is 12.2 Å². The Morgan fingerprint density at radius 1 is 1.21 bits per heavy atom. The molecule has 2 aromatic carbocycles. The minimum Gasteiger partial charge on any atom is -0.351 e. The Kier molecular flexibility index (Phi) is 5.93. The van der Waals surface area contributed by atoms with E-state index in [1.807, 2.05) is 24.3 Å². The molecule has 0 saturated carbocycles. The van der Waals surface area contributed by atoms with E-state index >= 15 is 0 Å². The van der Waals surface area contributed by atoms with Crippen LogP contribution in [-0.4, -0.2) is 15.9 Å². The molecule has 0 saturated heterocycles. The number of anilines is 1. The molecule has 0 unspecified atom stereocenters. The van der Waals surface area contributed by atoms with Gasteiger partial charge in [-0.25, -0.2) is 0 Å². The highest BCUT2D eigenvalue weighted by atomic mass is 32.1. The summed E-state index contributed by atoms with van der Waals surface area (Å²) in [4.78, 5) is 24.0. The molecule has 0 aliphatic carbocycles. The minimum absolute atomic E-state index is 0.0451. The zero-order valence-electron chi connectivity index (χ0n) is 16.4. The van der Waals surface area contributed by atoms with Crippen LogP contribution in [0.2, 0.25) is 0 Å². The van der Waals surface area contributed by atoms with Crippen molar-refractivity contribution in [1.82, 2.24) is 10.6 Å². The van der Waals surface area contributed by atoms with Gasteiger partial charge in [-0.15, -0.1) is 0 Å². The summed E-state index contributed by atoms with van der Waals surface area (Å²) in [6.45, 7) is 5.88. The number of para-hydroxylation sites is 1. The molecule has 7 nitrogen and oxygen atoms in total. The Balaban J connectivity index is 1.99. The molecule has 0 radical (unpaired) electrons. The van der Waals surface area contributed by atoms with Crippen LogP contribution in [-0.2, 0) is 4.79 Å². The maximum atomic E-state index is 13.2. The summed E-state index contributed by atoms with van der Waals surface area (Å²) in [6, 6.07) is 13.2. The number of allylic oxidation sites excluding steroid dienone is 1. The average Bonchev–Trinajstić information content (AvgIpc) is 2.67. The van der Waals surface area contributed by atoms with Crippen LogP contribution >= 0.6 is 12.2 Å². The van der Waals surface area contributed by atoms with Gasteiger partial charge < -0.3 is 16.0 Å². The summed E-state index contributed by atoms with van der Waals surface area (Å²) in [5, 5.41) is 20.6. The van der Waals surface area contributed by atoms with Gasteiger partial charge in [0.2, 0.25) is 0 Å². The summed E-state index contributed by atoms with van der Waals surface area (Å²) in [6.07, 6.45) is 0. The molecule has 29 heavy (non-hydrogen) atoms. The molecule has 1 aliphatic heterocycles. The van der Waals surface area contributed by atoms with Crippen LogP contribution in [0, 0.1) is 10.1 Å². The van der Waals surface area contributed by atoms with Crippen LogP contribution < -0.4 is 16.0 Å². The smallest absolute Gasteiger partial charge is 0.269 e. The number of benzene rings is 2. The van der Waals surface area contributed by atoms with Gasteiger partial charge in [0, 0.05) is 23.5 Å². The third-order valence-corrected chi connectivity index (χ3v) is 4.98. The van der Waals surface area contributed by atoms with Gasteiger partial charge in [-0.3, -0.25) is 14.9 Å². The number of nitrogens with zero attached hydrogens (tertiary/aromatic N) is 1. The number of hydrogen-bond acceptors (Lipinski definition) is 4.